The van der Waals surface area contributed by atoms with Gasteiger partial charge in [-0.1, -0.05) is 36.4 Å². The van der Waals surface area contributed by atoms with Crippen molar-refractivity contribution in [1.29, 1.82) is 0 Å². The van der Waals surface area contributed by atoms with Crippen molar-refractivity contribution < 1.29 is 27.5 Å². The van der Waals surface area contributed by atoms with E-state index in [0.29, 0.717) is 16.9 Å². The fourth-order valence-electron chi connectivity index (χ4n) is 3.48. The molecule has 0 saturated carbocycles. The molecule has 1 amide bonds. The lowest BCUT2D eigenvalue weighted by Gasteiger charge is -2.20. The number of benzene rings is 3. The number of carbonyl (C=O) groups excluding carboxylic acids is 2. The van der Waals surface area contributed by atoms with Gasteiger partial charge in [0, 0.05) is 5.56 Å². The standard InChI is InChI=1S/C25H20F3N3O3/c1-15(32)16-7-10-19(11-8-16)34-14-22(33)31-23(17-5-3-2-4-6-17)18-9-12-20-21(13-18)30-24(29-20)25(26,27)28/h2-13,23H,14H2,1H3,(H,29,30)(H,31,33). The molecule has 4 rings (SSSR count). The predicted octanol–water partition coefficient (Wildman–Crippen LogP) is 5.07. The number of nitrogens with one attached hydrogen (secondary N) is 2. The van der Waals surface area contributed by atoms with Crippen molar-refractivity contribution in [2.75, 3.05) is 6.61 Å². The second kappa shape index (κ2) is 9.38. The normalized spacial score (nSPS) is 12.4. The van der Waals surface area contributed by atoms with E-state index in [9.17, 15) is 22.8 Å². The molecule has 0 aliphatic carbocycles. The third kappa shape index (κ3) is 5.25. The first-order valence-corrected chi connectivity index (χ1v) is 10.4. The zero-order valence-corrected chi connectivity index (χ0v) is 18.0. The molecule has 0 saturated heterocycles. The molecule has 34 heavy (non-hydrogen) atoms. The number of aromatic amines is 1. The SMILES string of the molecule is CC(=O)c1ccc(OCC(=O)NC(c2ccccc2)c2ccc3nc(C(F)(F)F)[nH]c3c2)cc1. The Labute approximate surface area is 192 Å². The summed E-state index contributed by atoms with van der Waals surface area (Å²) < 4.78 is 44.6. The molecule has 3 aromatic carbocycles. The van der Waals surface area contributed by atoms with Crippen LogP contribution in [0.15, 0.2) is 72.8 Å². The number of hydrogen-bond acceptors (Lipinski definition) is 4. The van der Waals surface area contributed by atoms with Crippen molar-refractivity contribution >= 4 is 22.7 Å². The van der Waals surface area contributed by atoms with E-state index in [1.165, 1.54) is 19.1 Å². The quantitative estimate of drug-likeness (QED) is 0.372. The van der Waals surface area contributed by atoms with Crippen molar-refractivity contribution in [3.63, 3.8) is 0 Å². The van der Waals surface area contributed by atoms with Gasteiger partial charge < -0.3 is 15.0 Å². The number of amides is 1. The molecule has 0 spiro atoms. The summed E-state index contributed by atoms with van der Waals surface area (Å²) >= 11 is 0. The van der Waals surface area contributed by atoms with Crippen molar-refractivity contribution in [2.24, 2.45) is 0 Å². The van der Waals surface area contributed by atoms with E-state index in [-0.39, 0.29) is 23.4 Å². The number of ketones is 1. The van der Waals surface area contributed by atoms with Crippen molar-refractivity contribution in [1.82, 2.24) is 15.3 Å². The van der Waals surface area contributed by atoms with Crippen LogP contribution in [0.1, 0.15) is 40.3 Å². The fraction of sp³-hybridized carbons (Fsp3) is 0.160. The van der Waals surface area contributed by atoms with Crippen LogP contribution in [0.2, 0.25) is 0 Å². The van der Waals surface area contributed by atoms with Gasteiger partial charge in [-0.15, -0.1) is 0 Å². The molecule has 1 heterocycles. The Morgan fingerprint density at radius 1 is 1.00 bits per heavy atom. The molecule has 0 bridgehead atoms. The number of ether oxygens (including phenoxy) is 1. The molecular weight excluding hydrogens is 447 g/mol. The number of hydrogen-bond donors (Lipinski definition) is 2. The number of imidazole rings is 1. The average molecular weight is 467 g/mol. The van der Waals surface area contributed by atoms with Gasteiger partial charge in [0.25, 0.3) is 5.91 Å². The van der Waals surface area contributed by atoms with Crippen LogP contribution in [0.25, 0.3) is 11.0 Å². The van der Waals surface area contributed by atoms with E-state index in [0.717, 1.165) is 5.56 Å². The molecular formula is C25H20F3N3O3. The first-order chi connectivity index (χ1) is 16.2. The maximum absolute atomic E-state index is 13.0. The van der Waals surface area contributed by atoms with Gasteiger partial charge in [0.2, 0.25) is 5.82 Å². The highest BCUT2D eigenvalue weighted by Crippen LogP contribution is 2.30. The van der Waals surface area contributed by atoms with E-state index >= 15 is 0 Å². The molecule has 1 aromatic heterocycles. The van der Waals surface area contributed by atoms with E-state index in [2.05, 4.69) is 15.3 Å². The van der Waals surface area contributed by atoms with Gasteiger partial charge in [-0.25, -0.2) is 4.98 Å². The lowest BCUT2D eigenvalue weighted by atomic mass is 9.98. The van der Waals surface area contributed by atoms with E-state index in [4.69, 9.17) is 4.74 Å². The minimum absolute atomic E-state index is 0.0772. The van der Waals surface area contributed by atoms with Crippen LogP contribution in [0.4, 0.5) is 13.2 Å². The second-order valence-corrected chi connectivity index (χ2v) is 7.64. The Balaban J connectivity index is 1.54. The van der Waals surface area contributed by atoms with Crippen LogP contribution in [0, 0.1) is 0 Å². The highest BCUT2D eigenvalue weighted by Gasteiger charge is 2.34. The highest BCUT2D eigenvalue weighted by atomic mass is 19.4. The molecule has 0 radical (unpaired) electrons. The maximum Gasteiger partial charge on any atom is 0.449 e. The Kier molecular flexibility index (Phi) is 6.36. The molecule has 1 atom stereocenters. The topological polar surface area (TPSA) is 84.1 Å². The van der Waals surface area contributed by atoms with Crippen molar-refractivity contribution in [2.45, 2.75) is 19.1 Å². The molecule has 0 aliphatic heterocycles. The molecule has 6 nitrogen and oxygen atoms in total. The van der Waals surface area contributed by atoms with E-state index in [1.54, 1.807) is 42.5 Å². The van der Waals surface area contributed by atoms with Crippen LogP contribution < -0.4 is 10.1 Å². The summed E-state index contributed by atoms with van der Waals surface area (Å²) in [7, 11) is 0. The second-order valence-electron chi connectivity index (χ2n) is 7.64. The van der Waals surface area contributed by atoms with Gasteiger partial charge in [0.1, 0.15) is 5.75 Å². The predicted molar refractivity (Wildman–Crippen MR) is 119 cm³/mol. The number of carbonyl (C=O) groups is 2. The third-order valence-corrected chi connectivity index (χ3v) is 5.18. The van der Waals surface area contributed by atoms with Crippen molar-refractivity contribution in [3.05, 3.63) is 95.3 Å². The van der Waals surface area contributed by atoms with Gasteiger partial charge in [-0.05, 0) is 54.4 Å². The zero-order valence-electron chi connectivity index (χ0n) is 18.0. The number of aromatic nitrogens is 2. The summed E-state index contributed by atoms with van der Waals surface area (Å²) in [6.45, 7) is 1.17. The fourth-order valence-corrected chi connectivity index (χ4v) is 3.48. The number of alkyl halides is 3. The number of halogens is 3. The van der Waals surface area contributed by atoms with Gasteiger partial charge in [-0.2, -0.15) is 13.2 Å². The minimum Gasteiger partial charge on any atom is -0.484 e. The molecule has 0 fully saturated rings. The lowest BCUT2D eigenvalue weighted by molar-refractivity contribution is -0.144. The maximum atomic E-state index is 13.0. The lowest BCUT2D eigenvalue weighted by Crippen LogP contribution is -2.33. The molecule has 174 valence electrons. The number of Topliss-reactive ketones (excluding diaryl/α,β-unsaturated/α-hetero) is 1. The number of fused-ring (bicyclic) bond motifs is 1. The van der Waals surface area contributed by atoms with Gasteiger partial charge in [-0.3, -0.25) is 9.59 Å². The number of nitrogens with zero attached hydrogens (tertiary/aromatic N) is 1. The molecule has 9 heteroatoms. The van der Waals surface area contributed by atoms with Crippen LogP contribution in [-0.2, 0) is 11.0 Å². The summed E-state index contributed by atoms with van der Waals surface area (Å²) in [6.07, 6.45) is -4.59. The van der Waals surface area contributed by atoms with Gasteiger partial charge in [0.15, 0.2) is 12.4 Å². The molecule has 0 aliphatic rings. The van der Waals surface area contributed by atoms with Crippen LogP contribution in [0.3, 0.4) is 0 Å². The smallest absolute Gasteiger partial charge is 0.449 e. The molecule has 1 unspecified atom stereocenters. The minimum atomic E-state index is -4.59. The van der Waals surface area contributed by atoms with Crippen LogP contribution in [-0.4, -0.2) is 28.3 Å². The van der Waals surface area contributed by atoms with E-state index in [1.807, 2.05) is 18.2 Å². The Bertz CT molecular complexity index is 1320. The highest BCUT2D eigenvalue weighted by molar-refractivity contribution is 5.94. The first kappa shape index (κ1) is 23.0. The average Bonchev–Trinajstić information content (AvgIpc) is 3.26. The summed E-state index contributed by atoms with van der Waals surface area (Å²) in [5.74, 6) is -1.16. The summed E-state index contributed by atoms with van der Waals surface area (Å²) in [5, 5.41) is 2.88. The number of H-pyrrole nitrogens is 1. The largest absolute Gasteiger partial charge is 0.484 e. The van der Waals surface area contributed by atoms with Crippen LogP contribution >= 0.6 is 0 Å². The molecule has 4 aromatic rings. The Hall–Kier alpha value is -4.14. The molecule has 2 N–H and O–H groups in total. The third-order valence-electron chi connectivity index (χ3n) is 5.18. The first-order valence-electron chi connectivity index (χ1n) is 10.4. The summed E-state index contributed by atoms with van der Waals surface area (Å²) in [5.41, 5.74) is 2.24. The number of rotatable bonds is 7. The van der Waals surface area contributed by atoms with E-state index < -0.39 is 23.9 Å². The Morgan fingerprint density at radius 3 is 2.35 bits per heavy atom. The summed E-state index contributed by atoms with van der Waals surface area (Å²) in [6, 6.07) is 19.5. The summed E-state index contributed by atoms with van der Waals surface area (Å²) in [4.78, 5) is 30.0. The Morgan fingerprint density at radius 2 is 1.71 bits per heavy atom. The van der Waals surface area contributed by atoms with Gasteiger partial charge in [0.05, 0.1) is 17.1 Å². The van der Waals surface area contributed by atoms with Crippen molar-refractivity contribution in [3.8, 4) is 5.75 Å². The monoisotopic (exact) mass is 467 g/mol. The van der Waals surface area contributed by atoms with Gasteiger partial charge >= 0.3 is 6.18 Å². The zero-order chi connectivity index (χ0) is 24.3. The van der Waals surface area contributed by atoms with Crippen LogP contribution in [0.5, 0.6) is 5.75 Å².